The first kappa shape index (κ1) is 15.1. The second-order valence-electron chi connectivity index (χ2n) is 4.04. The molecule has 104 valence electrons. The Morgan fingerprint density at radius 3 is 2.63 bits per heavy atom. The van der Waals surface area contributed by atoms with E-state index in [-0.39, 0.29) is 11.4 Å². The number of nitro groups is 1. The molecule has 0 saturated heterocycles. The van der Waals surface area contributed by atoms with Crippen molar-refractivity contribution in [1.29, 1.82) is 0 Å². The van der Waals surface area contributed by atoms with E-state index in [2.05, 4.69) is 4.72 Å². The van der Waals surface area contributed by atoms with Crippen molar-refractivity contribution in [3.05, 3.63) is 40.0 Å². The van der Waals surface area contributed by atoms with Crippen LogP contribution in [-0.2, 0) is 10.0 Å². The number of allylic oxidation sites excluding steroid dienone is 1. The Labute approximate surface area is 110 Å². The summed E-state index contributed by atoms with van der Waals surface area (Å²) in [4.78, 5) is 9.52. The molecule has 0 unspecified atom stereocenters. The van der Waals surface area contributed by atoms with Crippen molar-refractivity contribution >= 4 is 15.7 Å². The van der Waals surface area contributed by atoms with Crippen LogP contribution in [0.15, 0.2) is 34.7 Å². The zero-order chi connectivity index (χ0) is 14.6. The third-order valence-electron chi connectivity index (χ3n) is 2.24. The first-order valence-electron chi connectivity index (χ1n) is 5.34. The van der Waals surface area contributed by atoms with E-state index in [0.29, 0.717) is 0 Å². The van der Waals surface area contributed by atoms with Crippen LogP contribution in [0.2, 0.25) is 0 Å². The van der Waals surface area contributed by atoms with Crippen LogP contribution in [0.4, 0.5) is 5.69 Å². The Morgan fingerprint density at radius 2 is 2.11 bits per heavy atom. The van der Waals surface area contributed by atoms with Gasteiger partial charge in [0.1, 0.15) is 0 Å². The van der Waals surface area contributed by atoms with Crippen molar-refractivity contribution in [2.24, 2.45) is 0 Å². The highest BCUT2D eigenvalue weighted by Crippen LogP contribution is 2.27. The zero-order valence-electron chi connectivity index (χ0n) is 10.5. The summed E-state index contributed by atoms with van der Waals surface area (Å²) >= 11 is 0. The number of nitrogens with one attached hydrogen (secondary N) is 1. The molecule has 0 heterocycles. The van der Waals surface area contributed by atoms with Gasteiger partial charge in [-0.15, -0.1) is 0 Å². The second kappa shape index (κ2) is 5.81. The van der Waals surface area contributed by atoms with E-state index in [1.165, 1.54) is 0 Å². The number of nitro benzene ring substituents is 1. The number of benzene rings is 1. The number of phenolic OH excluding ortho intramolecular Hbond substituents is 1. The summed E-state index contributed by atoms with van der Waals surface area (Å²) in [5.74, 6) is -0.576. The van der Waals surface area contributed by atoms with Gasteiger partial charge in [-0.3, -0.25) is 10.1 Å². The predicted molar refractivity (Wildman–Crippen MR) is 69.4 cm³/mol. The number of hydrogen-bond acceptors (Lipinski definition) is 5. The SMILES string of the molecule is CC(C)=CCNS(=O)(=O)c1ccc(O)c([N+](=O)[O-])c1. The van der Waals surface area contributed by atoms with Gasteiger partial charge < -0.3 is 5.11 Å². The van der Waals surface area contributed by atoms with Crippen molar-refractivity contribution in [3.8, 4) is 5.75 Å². The van der Waals surface area contributed by atoms with Crippen LogP contribution in [0, 0.1) is 10.1 Å². The molecule has 0 amide bonds. The highest BCUT2D eigenvalue weighted by molar-refractivity contribution is 7.89. The van der Waals surface area contributed by atoms with Gasteiger partial charge in [-0.2, -0.15) is 0 Å². The molecule has 1 aromatic carbocycles. The van der Waals surface area contributed by atoms with Crippen LogP contribution >= 0.6 is 0 Å². The van der Waals surface area contributed by atoms with E-state index in [9.17, 15) is 23.6 Å². The maximum Gasteiger partial charge on any atom is 0.312 e. The molecule has 0 aromatic heterocycles. The van der Waals surface area contributed by atoms with Gasteiger partial charge in [0, 0.05) is 12.6 Å². The summed E-state index contributed by atoms with van der Waals surface area (Å²) in [6.07, 6.45) is 1.67. The monoisotopic (exact) mass is 286 g/mol. The molecule has 0 atom stereocenters. The number of phenols is 1. The molecule has 0 radical (unpaired) electrons. The Kier molecular flexibility index (Phi) is 4.62. The number of sulfonamides is 1. The van der Waals surface area contributed by atoms with Gasteiger partial charge in [0.25, 0.3) is 0 Å². The number of nitrogens with zero attached hydrogens (tertiary/aromatic N) is 1. The molecule has 1 aromatic rings. The van der Waals surface area contributed by atoms with Crippen molar-refractivity contribution in [1.82, 2.24) is 4.72 Å². The van der Waals surface area contributed by atoms with Crippen molar-refractivity contribution in [2.75, 3.05) is 6.54 Å². The van der Waals surface area contributed by atoms with Crippen LogP contribution in [-0.4, -0.2) is 25.0 Å². The second-order valence-corrected chi connectivity index (χ2v) is 5.81. The summed E-state index contributed by atoms with van der Waals surface area (Å²) in [5, 5.41) is 19.9. The highest BCUT2D eigenvalue weighted by Gasteiger charge is 2.20. The molecule has 2 N–H and O–H groups in total. The lowest BCUT2D eigenvalue weighted by molar-refractivity contribution is -0.386. The molecular formula is C11H14N2O5S. The van der Waals surface area contributed by atoms with Gasteiger partial charge in [0.15, 0.2) is 5.75 Å². The van der Waals surface area contributed by atoms with Gasteiger partial charge in [-0.05, 0) is 26.0 Å². The predicted octanol–water partition coefficient (Wildman–Crippen LogP) is 1.54. The minimum absolute atomic E-state index is 0.0966. The van der Waals surface area contributed by atoms with Gasteiger partial charge in [0.2, 0.25) is 10.0 Å². The molecule has 7 nitrogen and oxygen atoms in total. The Hall–Kier alpha value is -1.93. The molecule has 19 heavy (non-hydrogen) atoms. The minimum Gasteiger partial charge on any atom is -0.502 e. The van der Waals surface area contributed by atoms with Crippen LogP contribution in [0.25, 0.3) is 0 Å². The maximum atomic E-state index is 11.9. The molecule has 8 heteroatoms. The zero-order valence-corrected chi connectivity index (χ0v) is 11.3. The van der Waals surface area contributed by atoms with Gasteiger partial charge in [-0.25, -0.2) is 13.1 Å². The van der Waals surface area contributed by atoms with Gasteiger partial charge in [-0.1, -0.05) is 11.6 Å². The van der Waals surface area contributed by atoms with Crippen LogP contribution in [0.1, 0.15) is 13.8 Å². The molecular weight excluding hydrogens is 272 g/mol. The van der Waals surface area contributed by atoms with Crippen molar-refractivity contribution in [2.45, 2.75) is 18.7 Å². The number of rotatable bonds is 5. The Balaban J connectivity index is 3.05. The normalized spacial score (nSPS) is 11.1. The van der Waals surface area contributed by atoms with E-state index in [4.69, 9.17) is 0 Å². The lowest BCUT2D eigenvalue weighted by Gasteiger charge is -2.05. The van der Waals surface area contributed by atoms with E-state index >= 15 is 0 Å². The number of aromatic hydroxyl groups is 1. The highest BCUT2D eigenvalue weighted by atomic mass is 32.2. The maximum absolute atomic E-state index is 11.9. The van der Waals surface area contributed by atoms with Gasteiger partial charge in [0.05, 0.1) is 9.82 Å². The van der Waals surface area contributed by atoms with Crippen molar-refractivity contribution in [3.63, 3.8) is 0 Å². The van der Waals surface area contributed by atoms with Gasteiger partial charge >= 0.3 is 5.69 Å². The molecule has 1 rings (SSSR count). The molecule has 0 aliphatic rings. The third kappa shape index (κ3) is 4.04. The molecule has 0 aliphatic heterocycles. The topological polar surface area (TPSA) is 110 Å². The summed E-state index contributed by atoms with van der Waals surface area (Å²) in [6.45, 7) is 3.73. The van der Waals surface area contributed by atoms with E-state index in [0.717, 1.165) is 23.8 Å². The first-order valence-corrected chi connectivity index (χ1v) is 6.83. The summed E-state index contributed by atoms with van der Waals surface area (Å²) in [6, 6.07) is 2.90. The minimum atomic E-state index is -3.84. The molecule has 0 spiro atoms. The Morgan fingerprint density at radius 1 is 1.47 bits per heavy atom. The van der Waals surface area contributed by atoms with Crippen LogP contribution in [0.5, 0.6) is 5.75 Å². The fraction of sp³-hybridized carbons (Fsp3) is 0.273. The first-order chi connectivity index (χ1) is 8.74. The van der Waals surface area contributed by atoms with Crippen molar-refractivity contribution < 1.29 is 18.4 Å². The quantitative estimate of drug-likeness (QED) is 0.484. The lowest BCUT2D eigenvalue weighted by Crippen LogP contribution is -2.23. The summed E-state index contributed by atoms with van der Waals surface area (Å²) in [7, 11) is -3.84. The molecule has 0 fully saturated rings. The van der Waals surface area contributed by atoms with E-state index < -0.39 is 26.4 Å². The van der Waals surface area contributed by atoms with E-state index in [1.807, 2.05) is 13.8 Å². The smallest absolute Gasteiger partial charge is 0.312 e. The average molecular weight is 286 g/mol. The molecule has 0 bridgehead atoms. The average Bonchev–Trinajstić information content (AvgIpc) is 2.27. The molecule has 0 aliphatic carbocycles. The molecule has 0 saturated carbocycles. The number of hydrogen-bond donors (Lipinski definition) is 2. The lowest BCUT2D eigenvalue weighted by atomic mass is 10.3. The standard InChI is InChI=1S/C11H14N2O5S/c1-8(2)5-6-12-19(17,18)9-3-4-11(14)10(7-9)13(15)16/h3-5,7,12,14H,6H2,1-2H3. The largest absolute Gasteiger partial charge is 0.502 e. The fourth-order valence-electron chi connectivity index (χ4n) is 1.26. The summed E-state index contributed by atoms with van der Waals surface area (Å²) in [5.41, 5.74) is 0.296. The third-order valence-corrected chi connectivity index (χ3v) is 3.66. The summed E-state index contributed by atoms with van der Waals surface area (Å²) < 4.78 is 26.0. The van der Waals surface area contributed by atoms with E-state index in [1.54, 1.807) is 6.08 Å². The van der Waals surface area contributed by atoms with Crippen LogP contribution < -0.4 is 4.72 Å². The fourth-order valence-corrected chi connectivity index (χ4v) is 2.24. The Bertz CT molecular complexity index is 618. The van der Waals surface area contributed by atoms with Crippen LogP contribution in [0.3, 0.4) is 0 Å².